The molecule has 100 valence electrons. The molecule has 0 spiro atoms. The van der Waals surface area contributed by atoms with E-state index in [0.29, 0.717) is 11.1 Å². The zero-order valence-corrected chi connectivity index (χ0v) is 10.8. The van der Waals surface area contributed by atoms with Crippen LogP contribution >= 0.6 is 0 Å². The summed E-state index contributed by atoms with van der Waals surface area (Å²) in [7, 11) is -3.48. The zero-order valence-electron chi connectivity index (χ0n) is 10.0. The third-order valence-corrected chi connectivity index (χ3v) is 3.20. The van der Waals surface area contributed by atoms with Crippen molar-refractivity contribution in [2.24, 2.45) is 5.14 Å². The van der Waals surface area contributed by atoms with Crippen molar-refractivity contribution in [3.05, 3.63) is 29.3 Å². The number of rotatable bonds is 5. The van der Waals surface area contributed by atoms with Crippen LogP contribution in [0, 0.1) is 6.92 Å². The van der Waals surface area contributed by atoms with Crippen LogP contribution in [0.3, 0.4) is 0 Å². The number of nitrogens with one attached hydrogen (secondary N) is 1. The van der Waals surface area contributed by atoms with Crippen LogP contribution in [-0.4, -0.2) is 31.7 Å². The van der Waals surface area contributed by atoms with Gasteiger partial charge in [-0.1, -0.05) is 0 Å². The van der Waals surface area contributed by atoms with Crippen molar-refractivity contribution in [2.75, 3.05) is 12.3 Å². The summed E-state index contributed by atoms with van der Waals surface area (Å²) in [6, 6.07) is 4.42. The van der Waals surface area contributed by atoms with E-state index >= 15 is 0 Å². The average molecular weight is 272 g/mol. The molecule has 18 heavy (non-hydrogen) atoms. The summed E-state index contributed by atoms with van der Waals surface area (Å²) in [4.78, 5) is 11.7. The number of carbonyl (C=O) groups excluding carboxylic acids is 1. The molecule has 0 atom stereocenters. The fourth-order valence-corrected chi connectivity index (χ4v) is 2.02. The Hall–Kier alpha value is -1.60. The second-order valence-corrected chi connectivity index (χ2v) is 5.71. The minimum atomic E-state index is -3.48. The van der Waals surface area contributed by atoms with Gasteiger partial charge in [-0.2, -0.15) is 0 Å². The van der Waals surface area contributed by atoms with Gasteiger partial charge >= 0.3 is 0 Å². The summed E-state index contributed by atoms with van der Waals surface area (Å²) in [6.07, 6.45) is 0.266. The highest BCUT2D eigenvalue weighted by Gasteiger charge is 2.09. The van der Waals surface area contributed by atoms with Gasteiger partial charge in [0.15, 0.2) is 0 Å². The van der Waals surface area contributed by atoms with Crippen LogP contribution < -0.4 is 10.5 Å². The third-order valence-electron chi connectivity index (χ3n) is 2.35. The van der Waals surface area contributed by atoms with E-state index < -0.39 is 10.0 Å². The zero-order chi connectivity index (χ0) is 13.8. The Morgan fingerprint density at radius 2 is 2.11 bits per heavy atom. The molecule has 7 heteroatoms. The highest BCUT2D eigenvalue weighted by molar-refractivity contribution is 7.89. The Labute approximate surface area is 106 Å². The number of amides is 1. The Bertz CT molecular complexity index is 540. The van der Waals surface area contributed by atoms with Crippen molar-refractivity contribution >= 4 is 15.9 Å². The van der Waals surface area contributed by atoms with E-state index in [1.54, 1.807) is 6.92 Å². The minimum Gasteiger partial charge on any atom is -0.508 e. The van der Waals surface area contributed by atoms with Crippen molar-refractivity contribution in [2.45, 2.75) is 13.3 Å². The number of phenolic OH excluding ortho intramolecular Hbond substituents is 1. The molecule has 1 aromatic rings. The van der Waals surface area contributed by atoms with Crippen molar-refractivity contribution in [1.29, 1.82) is 0 Å². The number of hydrogen-bond acceptors (Lipinski definition) is 4. The van der Waals surface area contributed by atoms with Crippen molar-refractivity contribution in [3.63, 3.8) is 0 Å². The van der Waals surface area contributed by atoms with E-state index in [9.17, 15) is 18.3 Å². The smallest absolute Gasteiger partial charge is 0.251 e. The van der Waals surface area contributed by atoms with Gasteiger partial charge in [0, 0.05) is 12.1 Å². The van der Waals surface area contributed by atoms with Crippen LogP contribution in [0.25, 0.3) is 0 Å². The van der Waals surface area contributed by atoms with E-state index in [2.05, 4.69) is 5.32 Å². The van der Waals surface area contributed by atoms with Crippen molar-refractivity contribution in [1.82, 2.24) is 5.32 Å². The lowest BCUT2D eigenvalue weighted by Crippen LogP contribution is -2.27. The molecule has 0 aromatic heterocycles. The number of aromatic hydroxyl groups is 1. The van der Waals surface area contributed by atoms with Gasteiger partial charge in [-0.25, -0.2) is 13.6 Å². The fourth-order valence-electron chi connectivity index (χ4n) is 1.47. The van der Waals surface area contributed by atoms with Gasteiger partial charge < -0.3 is 10.4 Å². The largest absolute Gasteiger partial charge is 0.508 e. The standard InChI is InChI=1S/C11H16N2O4S/c1-8-7-9(14)3-4-10(8)11(15)13-5-2-6-18(12,16)17/h3-4,7,14H,2,5-6H2,1H3,(H,13,15)(H2,12,16,17). The summed E-state index contributed by atoms with van der Waals surface area (Å²) in [5.74, 6) is -0.373. The lowest BCUT2D eigenvalue weighted by Gasteiger charge is -2.07. The van der Waals surface area contributed by atoms with E-state index in [-0.39, 0.29) is 30.4 Å². The number of aryl methyl sites for hydroxylation is 1. The molecule has 0 bridgehead atoms. The van der Waals surface area contributed by atoms with E-state index in [1.807, 2.05) is 0 Å². The van der Waals surface area contributed by atoms with Gasteiger partial charge in [-0.3, -0.25) is 4.79 Å². The fraction of sp³-hybridized carbons (Fsp3) is 0.364. The number of primary sulfonamides is 1. The molecular weight excluding hydrogens is 256 g/mol. The molecule has 0 saturated carbocycles. The molecule has 6 nitrogen and oxygen atoms in total. The number of sulfonamides is 1. The normalized spacial score (nSPS) is 11.2. The Balaban J connectivity index is 2.51. The Morgan fingerprint density at radius 3 is 2.67 bits per heavy atom. The number of hydrogen-bond donors (Lipinski definition) is 3. The molecule has 0 aliphatic carbocycles. The quantitative estimate of drug-likeness (QED) is 0.661. The molecule has 0 heterocycles. The maximum Gasteiger partial charge on any atom is 0.251 e. The van der Waals surface area contributed by atoms with Crippen molar-refractivity contribution in [3.8, 4) is 5.75 Å². The van der Waals surface area contributed by atoms with Crippen LogP contribution in [-0.2, 0) is 10.0 Å². The Morgan fingerprint density at radius 1 is 1.44 bits per heavy atom. The van der Waals surface area contributed by atoms with Gasteiger partial charge in [-0.15, -0.1) is 0 Å². The first kappa shape index (κ1) is 14.5. The lowest BCUT2D eigenvalue weighted by atomic mass is 10.1. The van der Waals surface area contributed by atoms with Gasteiger partial charge in [0.1, 0.15) is 5.75 Å². The molecule has 0 saturated heterocycles. The SMILES string of the molecule is Cc1cc(O)ccc1C(=O)NCCCS(N)(=O)=O. The molecule has 0 aliphatic heterocycles. The van der Waals surface area contributed by atoms with Crippen LogP contribution in [0.5, 0.6) is 5.75 Å². The number of carbonyl (C=O) groups is 1. The van der Waals surface area contributed by atoms with Crippen LogP contribution in [0.4, 0.5) is 0 Å². The van der Waals surface area contributed by atoms with Gasteiger partial charge in [-0.05, 0) is 37.1 Å². The molecule has 0 unspecified atom stereocenters. The highest BCUT2D eigenvalue weighted by Crippen LogP contribution is 2.15. The Kier molecular flexibility index (Phi) is 4.69. The summed E-state index contributed by atoms with van der Waals surface area (Å²) < 4.78 is 21.3. The van der Waals surface area contributed by atoms with E-state index in [1.165, 1.54) is 18.2 Å². The topological polar surface area (TPSA) is 109 Å². The maximum atomic E-state index is 11.7. The predicted molar refractivity (Wildman–Crippen MR) is 67.8 cm³/mol. The second-order valence-electron chi connectivity index (χ2n) is 3.98. The predicted octanol–water partition coefficient (Wildman–Crippen LogP) is 0.109. The molecule has 0 aliphatic rings. The molecule has 4 N–H and O–H groups in total. The van der Waals surface area contributed by atoms with Crippen LogP contribution in [0.2, 0.25) is 0 Å². The summed E-state index contributed by atoms with van der Waals surface area (Å²) >= 11 is 0. The van der Waals surface area contributed by atoms with Crippen LogP contribution in [0.1, 0.15) is 22.3 Å². The van der Waals surface area contributed by atoms with Gasteiger partial charge in [0.2, 0.25) is 10.0 Å². The summed E-state index contributed by atoms with van der Waals surface area (Å²) in [5.41, 5.74) is 1.10. The third kappa shape index (κ3) is 4.72. The first-order valence-electron chi connectivity index (χ1n) is 5.38. The van der Waals surface area contributed by atoms with Gasteiger partial charge in [0.25, 0.3) is 5.91 Å². The average Bonchev–Trinajstić information content (AvgIpc) is 2.22. The monoisotopic (exact) mass is 272 g/mol. The molecule has 1 aromatic carbocycles. The molecular formula is C11H16N2O4S. The molecule has 1 rings (SSSR count). The summed E-state index contributed by atoms with van der Waals surface area (Å²) in [6.45, 7) is 1.94. The number of phenols is 1. The number of nitrogens with two attached hydrogens (primary N) is 1. The highest BCUT2D eigenvalue weighted by atomic mass is 32.2. The maximum absolute atomic E-state index is 11.7. The van der Waals surface area contributed by atoms with Crippen molar-refractivity contribution < 1.29 is 18.3 Å². The van der Waals surface area contributed by atoms with E-state index in [4.69, 9.17) is 5.14 Å². The minimum absolute atomic E-state index is 0.0956. The van der Waals surface area contributed by atoms with Crippen LogP contribution in [0.15, 0.2) is 18.2 Å². The van der Waals surface area contributed by atoms with Gasteiger partial charge in [0.05, 0.1) is 5.75 Å². The number of benzene rings is 1. The van der Waals surface area contributed by atoms with E-state index in [0.717, 1.165) is 0 Å². The second kappa shape index (κ2) is 5.83. The molecule has 1 amide bonds. The molecule has 0 radical (unpaired) electrons. The first-order valence-corrected chi connectivity index (χ1v) is 7.09. The molecule has 0 fully saturated rings. The lowest BCUT2D eigenvalue weighted by molar-refractivity contribution is 0.0953. The first-order chi connectivity index (χ1) is 8.29. The summed E-state index contributed by atoms with van der Waals surface area (Å²) in [5, 5.41) is 16.6.